The van der Waals surface area contributed by atoms with Gasteiger partial charge in [-0.3, -0.25) is 0 Å². The first kappa shape index (κ1) is 11.9. The zero-order chi connectivity index (χ0) is 11.1. The van der Waals surface area contributed by atoms with Crippen molar-refractivity contribution < 1.29 is 9.84 Å². The highest BCUT2D eigenvalue weighted by molar-refractivity contribution is 5.38. The van der Waals surface area contributed by atoms with Crippen LogP contribution in [0.15, 0.2) is 12.4 Å². The van der Waals surface area contributed by atoms with Gasteiger partial charge in [0, 0.05) is 32.0 Å². The van der Waals surface area contributed by atoms with Crippen molar-refractivity contribution in [3.8, 4) is 0 Å². The van der Waals surface area contributed by atoms with E-state index in [-0.39, 0.29) is 6.61 Å². The fourth-order valence-corrected chi connectivity index (χ4v) is 1.28. The Morgan fingerprint density at radius 3 is 2.80 bits per heavy atom. The second-order valence-electron chi connectivity index (χ2n) is 3.22. The molecule has 0 unspecified atom stereocenters. The van der Waals surface area contributed by atoms with E-state index in [2.05, 4.69) is 9.97 Å². The number of aromatic nitrogens is 2. The molecule has 0 aromatic carbocycles. The van der Waals surface area contributed by atoms with Crippen molar-refractivity contribution in [2.45, 2.75) is 6.92 Å². The maximum atomic E-state index is 8.94. The molecule has 5 nitrogen and oxygen atoms in total. The Bertz CT molecular complexity index is 294. The van der Waals surface area contributed by atoms with Crippen LogP contribution >= 0.6 is 0 Å². The van der Waals surface area contributed by atoms with Gasteiger partial charge in [0.05, 0.1) is 13.2 Å². The Morgan fingerprint density at radius 2 is 2.20 bits per heavy atom. The van der Waals surface area contributed by atoms with Crippen molar-refractivity contribution >= 4 is 5.82 Å². The molecule has 1 N–H and O–H groups in total. The molecule has 0 bridgehead atoms. The minimum atomic E-state index is 0.104. The molecule has 1 rings (SSSR count). The summed E-state index contributed by atoms with van der Waals surface area (Å²) >= 11 is 0. The third kappa shape index (κ3) is 3.81. The predicted molar refractivity (Wildman–Crippen MR) is 57.9 cm³/mol. The lowest BCUT2D eigenvalue weighted by atomic mass is 10.4. The molecule has 0 aliphatic carbocycles. The first-order valence-electron chi connectivity index (χ1n) is 4.91. The van der Waals surface area contributed by atoms with Crippen LogP contribution in [-0.4, -0.2) is 48.5 Å². The van der Waals surface area contributed by atoms with Gasteiger partial charge in [0.15, 0.2) is 0 Å². The van der Waals surface area contributed by atoms with Crippen molar-refractivity contribution in [1.82, 2.24) is 9.97 Å². The largest absolute Gasteiger partial charge is 0.395 e. The molecular weight excluding hydrogens is 194 g/mol. The Kier molecular flexibility index (Phi) is 5.00. The van der Waals surface area contributed by atoms with Gasteiger partial charge in [0.25, 0.3) is 0 Å². The van der Waals surface area contributed by atoms with E-state index in [1.807, 2.05) is 17.9 Å². The predicted octanol–water partition coefficient (Wildman–Crippen LogP) is 0.230. The van der Waals surface area contributed by atoms with Crippen LogP contribution in [0, 0.1) is 6.92 Å². The fourth-order valence-electron chi connectivity index (χ4n) is 1.28. The lowest BCUT2D eigenvalue weighted by molar-refractivity contribution is 0.202. The topological polar surface area (TPSA) is 58.5 Å². The van der Waals surface area contributed by atoms with Crippen molar-refractivity contribution in [2.75, 3.05) is 38.3 Å². The monoisotopic (exact) mass is 211 g/mol. The molecule has 5 heteroatoms. The number of nitrogens with zero attached hydrogens (tertiary/aromatic N) is 3. The number of aliphatic hydroxyl groups is 1. The molecule has 1 aromatic heterocycles. The van der Waals surface area contributed by atoms with Gasteiger partial charge in [-0.15, -0.1) is 0 Å². The second-order valence-corrected chi connectivity index (χ2v) is 3.22. The number of aliphatic hydroxyl groups excluding tert-OH is 1. The third-order valence-electron chi connectivity index (χ3n) is 2.05. The molecule has 0 aliphatic rings. The fraction of sp³-hybridized carbons (Fsp3) is 0.600. The van der Waals surface area contributed by atoms with Crippen LogP contribution in [0.4, 0.5) is 5.82 Å². The van der Waals surface area contributed by atoms with Crippen molar-refractivity contribution in [1.29, 1.82) is 0 Å². The Hall–Kier alpha value is -1.20. The molecule has 0 spiro atoms. The van der Waals surface area contributed by atoms with E-state index in [0.29, 0.717) is 19.7 Å². The van der Waals surface area contributed by atoms with Gasteiger partial charge in [0.1, 0.15) is 12.1 Å². The Labute approximate surface area is 89.7 Å². The molecule has 0 radical (unpaired) electrons. The maximum absolute atomic E-state index is 8.94. The first-order valence-corrected chi connectivity index (χ1v) is 4.91. The molecule has 84 valence electrons. The van der Waals surface area contributed by atoms with E-state index in [0.717, 1.165) is 11.5 Å². The molecule has 0 saturated heterocycles. The molecule has 15 heavy (non-hydrogen) atoms. The van der Waals surface area contributed by atoms with Gasteiger partial charge in [-0.2, -0.15) is 0 Å². The zero-order valence-electron chi connectivity index (χ0n) is 9.18. The number of anilines is 1. The van der Waals surface area contributed by atoms with Gasteiger partial charge in [-0.05, 0) is 6.92 Å². The number of hydrogen-bond acceptors (Lipinski definition) is 5. The van der Waals surface area contributed by atoms with Crippen LogP contribution in [0.1, 0.15) is 5.69 Å². The van der Waals surface area contributed by atoms with E-state index in [4.69, 9.17) is 9.84 Å². The van der Waals surface area contributed by atoms with Gasteiger partial charge in [0.2, 0.25) is 0 Å². The zero-order valence-corrected chi connectivity index (χ0v) is 9.18. The summed E-state index contributed by atoms with van der Waals surface area (Å²) in [6, 6.07) is 1.89. The Morgan fingerprint density at radius 1 is 1.40 bits per heavy atom. The highest BCUT2D eigenvalue weighted by Crippen LogP contribution is 2.09. The normalized spacial score (nSPS) is 10.3. The summed E-state index contributed by atoms with van der Waals surface area (Å²) in [5.74, 6) is 0.827. The summed E-state index contributed by atoms with van der Waals surface area (Å²) in [5.41, 5.74) is 0.917. The summed E-state index contributed by atoms with van der Waals surface area (Å²) in [7, 11) is 1.66. The van der Waals surface area contributed by atoms with Gasteiger partial charge in [-0.1, -0.05) is 0 Å². The highest BCUT2D eigenvalue weighted by atomic mass is 16.5. The van der Waals surface area contributed by atoms with E-state index >= 15 is 0 Å². The molecule has 0 aliphatic heterocycles. The van der Waals surface area contributed by atoms with Gasteiger partial charge < -0.3 is 14.7 Å². The minimum absolute atomic E-state index is 0.104. The van der Waals surface area contributed by atoms with Crippen LogP contribution in [0.25, 0.3) is 0 Å². The van der Waals surface area contributed by atoms with Crippen molar-refractivity contribution in [2.24, 2.45) is 0 Å². The molecule has 0 amide bonds. The average molecular weight is 211 g/mol. The number of rotatable bonds is 6. The number of aryl methyl sites for hydroxylation is 1. The lowest BCUT2D eigenvalue weighted by Crippen LogP contribution is -2.31. The Balaban J connectivity index is 2.69. The smallest absolute Gasteiger partial charge is 0.132 e. The molecule has 1 heterocycles. The summed E-state index contributed by atoms with van der Waals surface area (Å²) < 4.78 is 5.00. The number of hydrogen-bond donors (Lipinski definition) is 1. The molecule has 0 saturated carbocycles. The average Bonchev–Trinajstić information content (AvgIpc) is 2.24. The lowest BCUT2D eigenvalue weighted by Gasteiger charge is -2.22. The van der Waals surface area contributed by atoms with Crippen LogP contribution < -0.4 is 4.90 Å². The van der Waals surface area contributed by atoms with E-state index in [1.165, 1.54) is 6.33 Å². The first-order chi connectivity index (χ1) is 7.27. The molecule has 0 atom stereocenters. The SMILES string of the molecule is COCCN(CCO)c1cc(C)ncn1. The molecular formula is C10H17N3O2. The van der Waals surface area contributed by atoms with E-state index in [9.17, 15) is 0 Å². The summed E-state index contributed by atoms with van der Waals surface area (Å²) in [6.07, 6.45) is 1.53. The maximum Gasteiger partial charge on any atom is 0.132 e. The van der Waals surface area contributed by atoms with Crippen LogP contribution in [0.3, 0.4) is 0 Å². The van der Waals surface area contributed by atoms with Crippen LogP contribution in [0.5, 0.6) is 0 Å². The van der Waals surface area contributed by atoms with Gasteiger partial charge in [-0.25, -0.2) is 9.97 Å². The standard InChI is InChI=1S/C10H17N3O2/c1-9-7-10(12-8-11-9)13(3-5-14)4-6-15-2/h7-8,14H,3-6H2,1-2H3. The quantitative estimate of drug-likeness (QED) is 0.730. The van der Waals surface area contributed by atoms with E-state index < -0.39 is 0 Å². The van der Waals surface area contributed by atoms with Crippen molar-refractivity contribution in [3.63, 3.8) is 0 Å². The highest BCUT2D eigenvalue weighted by Gasteiger charge is 2.06. The molecule has 0 fully saturated rings. The third-order valence-corrected chi connectivity index (χ3v) is 2.05. The summed E-state index contributed by atoms with van der Waals surface area (Å²) in [6.45, 7) is 3.90. The second kappa shape index (κ2) is 6.31. The van der Waals surface area contributed by atoms with E-state index in [1.54, 1.807) is 7.11 Å². The minimum Gasteiger partial charge on any atom is -0.395 e. The summed E-state index contributed by atoms with van der Waals surface area (Å²) in [4.78, 5) is 10.2. The number of ether oxygens (including phenoxy) is 1. The van der Waals surface area contributed by atoms with Crippen molar-refractivity contribution in [3.05, 3.63) is 18.1 Å². The van der Waals surface area contributed by atoms with Crippen LogP contribution in [0.2, 0.25) is 0 Å². The van der Waals surface area contributed by atoms with Crippen LogP contribution in [-0.2, 0) is 4.74 Å². The van der Waals surface area contributed by atoms with Gasteiger partial charge >= 0.3 is 0 Å². The number of methoxy groups -OCH3 is 1. The summed E-state index contributed by atoms with van der Waals surface area (Å²) in [5, 5.41) is 8.94. The molecule has 1 aromatic rings.